The van der Waals surface area contributed by atoms with E-state index < -0.39 is 0 Å². The van der Waals surface area contributed by atoms with Crippen LogP contribution < -0.4 is 16.4 Å². The smallest absolute Gasteiger partial charge is 0.271 e. The minimum Gasteiger partial charge on any atom is -0.398 e. The second-order valence-electron chi connectivity index (χ2n) is 11.0. The van der Waals surface area contributed by atoms with Crippen molar-refractivity contribution < 1.29 is 9.59 Å². The molecule has 204 valence electrons. The number of halogens is 2. The molecule has 38 heavy (non-hydrogen) atoms. The Bertz CT molecular complexity index is 1270. The van der Waals surface area contributed by atoms with Gasteiger partial charge in [0.1, 0.15) is 17.4 Å². The summed E-state index contributed by atoms with van der Waals surface area (Å²) < 4.78 is 1.92. The van der Waals surface area contributed by atoms with Gasteiger partial charge in [0.15, 0.2) is 5.15 Å². The molecule has 2 amide bonds. The predicted octanol–water partition coefficient (Wildman–Crippen LogP) is 4.43. The van der Waals surface area contributed by atoms with Crippen molar-refractivity contribution >= 4 is 46.5 Å². The number of nitrogens with zero attached hydrogens (tertiary/aromatic N) is 3. The Morgan fingerprint density at radius 2 is 1.89 bits per heavy atom. The van der Waals surface area contributed by atoms with E-state index >= 15 is 0 Å². The summed E-state index contributed by atoms with van der Waals surface area (Å²) in [7, 11) is 0. The highest BCUT2D eigenvalue weighted by atomic mass is 35.5. The Labute approximate surface area is 233 Å². The Morgan fingerprint density at radius 3 is 2.50 bits per heavy atom. The van der Waals surface area contributed by atoms with Crippen LogP contribution in [0.1, 0.15) is 79.9 Å². The number of anilines is 1. The van der Waals surface area contributed by atoms with Crippen molar-refractivity contribution in [2.24, 2.45) is 0 Å². The number of likely N-dealkylation sites (tertiary alicyclic amines) is 1. The number of amidine groups is 1. The van der Waals surface area contributed by atoms with Gasteiger partial charge in [-0.1, -0.05) is 63.4 Å². The fraction of sp³-hybridized carbons (Fsp3) is 0.481. The minimum absolute atomic E-state index is 0.0926. The van der Waals surface area contributed by atoms with Crippen LogP contribution in [-0.2, 0) is 16.8 Å². The summed E-state index contributed by atoms with van der Waals surface area (Å²) in [5.74, 6) is 0.242. The van der Waals surface area contributed by atoms with Crippen molar-refractivity contribution in [3.8, 4) is 0 Å². The van der Waals surface area contributed by atoms with E-state index in [1.54, 1.807) is 11.0 Å². The van der Waals surface area contributed by atoms with Gasteiger partial charge in [0.2, 0.25) is 5.91 Å². The third kappa shape index (κ3) is 5.68. The van der Waals surface area contributed by atoms with Crippen LogP contribution in [0.2, 0.25) is 10.2 Å². The van der Waals surface area contributed by atoms with E-state index in [4.69, 9.17) is 34.3 Å². The summed E-state index contributed by atoms with van der Waals surface area (Å²) in [5, 5.41) is 15.5. The van der Waals surface area contributed by atoms with Crippen molar-refractivity contribution in [2.45, 2.75) is 70.5 Å². The molecule has 1 saturated heterocycles. The van der Waals surface area contributed by atoms with Gasteiger partial charge in [-0.25, -0.2) is 4.98 Å². The summed E-state index contributed by atoms with van der Waals surface area (Å²) in [6.45, 7) is 10.7. The number of hydrogen-bond acceptors (Lipinski definition) is 5. The van der Waals surface area contributed by atoms with Crippen molar-refractivity contribution in [3.05, 3.63) is 57.6 Å². The molecule has 2 fully saturated rings. The SMILES string of the molecule is C=CC(=O)N1CC(NC(=O)c2c(Cl)nc(CNC(=N)c3cc(C(C)(C)C)c(Cl)cc3N)n2C2CCCC2)C1. The molecule has 0 spiro atoms. The first-order valence-corrected chi connectivity index (χ1v) is 13.6. The molecule has 9 nitrogen and oxygen atoms in total. The number of rotatable bonds is 7. The highest BCUT2D eigenvalue weighted by molar-refractivity contribution is 6.32. The van der Waals surface area contributed by atoms with Gasteiger partial charge in [0.25, 0.3) is 5.91 Å². The molecule has 0 unspecified atom stereocenters. The van der Waals surface area contributed by atoms with E-state index in [0.29, 0.717) is 40.9 Å². The van der Waals surface area contributed by atoms with E-state index in [1.165, 1.54) is 6.08 Å². The topological polar surface area (TPSA) is 129 Å². The average Bonchev–Trinajstić information content (AvgIpc) is 3.45. The lowest BCUT2D eigenvalue weighted by Crippen LogP contribution is -2.60. The van der Waals surface area contributed by atoms with Crippen molar-refractivity contribution in [1.82, 2.24) is 25.1 Å². The molecule has 1 aliphatic carbocycles. The number of nitrogen functional groups attached to an aromatic ring is 1. The van der Waals surface area contributed by atoms with Gasteiger partial charge in [-0.2, -0.15) is 0 Å². The van der Waals surface area contributed by atoms with Gasteiger partial charge in [-0.05, 0) is 42.0 Å². The molecule has 4 rings (SSSR count). The normalized spacial score (nSPS) is 16.3. The zero-order valence-electron chi connectivity index (χ0n) is 22.0. The highest BCUT2D eigenvalue weighted by Gasteiger charge is 2.34. The molecule has 1 aromatic carbocycles. The average molecular weight is 561 g/mol. The quantitative estimate of drug-likeness (QED) is 0.172. The molecule has 0 bridgehead atoms. The molecule has 1 aliphatic heterocycles. The summed E-state index contributed by atoms with van der Waals surface area (Å²) in [4.78, 5) is 31.2. The molecule has 5 N–H and O–H groups in total. The largest absolute Gasteiger partial charge is 0.398 e. The van der Waals surface area contributed by atoms with Crippen LogP contribution in [0, 0.1) is 5.41 Å². The lowest BCUT2D eigenvalue weighted by atomic mass is 9.85. The fourth-order valence-corrected chi connectivity index (χ4v) is 5.84. The number of carbonyl (C=O) groups excluding carboxylic acids is 2. The number of carbonyl (C=O) groups is 2. The number of imidazole rings is 1. The van der Waals surface area contributed by atoms with Crippen LogP contribution in [0.15, 0.2) is 24.8 Å². The number of aromatic nitrogens is 2. The zero-order chi connectivity index (χ0) is 27.8. The summed E-state index contributed by atoms with van der Waals surface area (Å²) >= 11 is 13.0. The molecule has 1 saturated carbocycles. The van der Waals surface area contributed by atoms with E-state index in [0.717, 1.165) is 31.2 Å². The molecule has 2 aliphatic rings. The highest BCUT2D eigenvalue weighted by Crippen LogP contribution is 2.35. The molecule has 0 atom stereocenters. The van der Waals surface area contributed by atoms with Crippen LogP contribution in [0.25, 0.3) is 0 Å². The van der Waals surface area contributed by atoms with Crippen LogP contribution in [-0.4, -0.2) is 51.2 Å². The monoisotopic (exact) mass is 559 g/mol. The van der Waals surface area contributed by atoms with Gasteiger partial charge in [0, 0.05) is 35.4 Å². The lowest BCUT2D eigenvalue weighted by Gasteiger charge is -2.39. The Balaban J connectivity index is 1.54. The Hall–Kier alpha value is -3.04. The van der Waals surface area contributed by atoms with Crippen LogP contribution in [0.5, 0.6) is 0 Å². The first kappa shape index (κ1) is 28.0. The van der Waals surface area contributed by atoms with Crippen molar-refractivity contribution in [1.29, 1.82) is 5.41 Å². The van der Waals surface area contributed by atoms with Gasteiger partial charge < -0.3 is 25.8 Å². The lowest BCUT2D eigenvalue weighted by molar-refractivity contribution is -0.130. The molecule has 0 radical (unpaired) electrons. The van der Waals surface area contributed by atoms with E-state index in [-0.39, 0.29) is 46.8 Å². The summed E-state index contributed by atoms with van der Waals surface area (Å²) in [6, 6.07) is 3.46. The number of hydrogen-bond donors (Lipinski definition) is 4. The van der Waals surface area contributed by atoms with Crippen LogP contribution >= 0.6 is 23.2 Å². The number of amides is 2. The van der Waals surface area contributed by atoms with Gasteiger partial charge in [-0.3, -0.25) is 15.0 Å². The molecular weight excluding hydrogens is 525 g/mol. The van der Waals surface area contributed by atoms with Crippen molar-refractivity contribution in [3.63, 3.8) is 0 Å². The first-order chi connectivity index (χ1) is 17.9. The van der Waals surface area contributed by atoms with Crippen molar-refractivity contribution in [2.75, 3.05) is 18.8 Å². The molecular formula is C27H35Cl2N7O2. The Kier molecular flexibility index (Phi) is 8.09. The Morgan fingerprint density at radius 1 is 1.24 bits per heavy atom. The zero-order valence-corrected chi connectivity index (χ0v) is 23.5. The minimum atomic E-state index is -0.316. The first-order valence-electron chi connectivity index (χ1n) is 12.8. The maximum Gasteiger partial charge on any atom is 0.271 e. The molecule has 1 aromatic heterocycles. The summed E-state index contributed by atoms with van der Waals surface area (Å²) in [5.41, 5.74) is 8.16. The number of benzene rings is 1. The number of nitrogens with two attached hydrogens (primary N) is 1. The summed E-state index contributed by atoms with van der Waals surface area (Å²) in [6.07, 6.45) is 5.22. The van der Waals surface area contributed by atoms with E-state index in [9.17, 15) is 9.59 Å². The van der Waals surface area contributed by atoms with Crippen LogP contribution in [0.3, 0.4) is 0 Å². The van der Waals surface area contributed by atoms with E-state index in [1.807, 2.05) is 10.6 Å². The number of nitrogens with one attached hydrogen (secondary N) is 3. The predicted molar refractivity (Wildman–Crippen MR) is 151 cm³/mol. The maximum absolute atomic E-state index is 13.3. The van der Waals surface area contributed by atoms with E-state index in [2.05, 4.69) is 43.0 Å². The fourth-order valence-electron chi connectivity index (χ4n) is 5.11. The standard InChI is InChI=1S/C27H35Cl2N7O2/c1-5-22(37)35-13-15(14-35)33-26(38)23-24(29)34-21(36(23)16-8-6-7-9-16)12-32-25(31)17-10-18(27(2,3)4)19(28)11-20(17)30/h5,10-11,15-16H,1,6-9,12-14,30H2,2-4H3,(H2,31,32)(H,33,38). The molecule has 11 heteroatoms. The molecule has 2 aromatic rings. The molecule has 2 heterocycles. The second kappa shape index (κ2) is 11.0. The van der Waals surface area contributed by atoms with Gasteiger partial charge >= 0.3 is 0 Å². The van der Waals surface area contributed by atoms with Gasteiger partial charge in [-0.15, -0.1) is 0 Å². The van der Waals surface area contributed by atoms with Gasteiger partial charge in [0.05, 0.1) is 12.6 Å². The van der Waals surface area contributed by atoms with Crippen LogP contribution in [0.4, 0.5) is 5.69 Å². The maximum atomic E-state index is 13.3. The third-order valence-electron chi connectivity index (χ3n) is 7.19. The second-order valence-corrected chi connectivity index (χ2v) is 11.8. The third-order valence-corrected chi connectivity index (χ3v) is 7.77.